The number of aliphatic hydroxyl groups is 2. The van der Waals surface area contributed by atoms with E-state index in [9.17, 15) is 29.4 Å². The molecule has 92 heavy (non-hydrogen) atoms. The second kappa shape index (κ2) is 40.0. The van der Waals surface area contributed by atoms with Gasteiger partial charge in [0.1, 0.15) is 37.9 Å². The van der Waals surface area contributed by atoms with E-state index < -0.39 is 11.3 Å². The highest BCUT2D eigenvalue weighted by atomic mass is 16.6. The summed E-state index contributed by atoms with van der Waals surface area (Å²) in [6.45, 7) is 8.20. The number of hydrogen-bond donors (Lipinski definition) is 6. The van der Waals surface area contributed by atoms with Gasteiger partial charge in [-0.25, -0.2) is 0 Å². The van der Waals surface area contributed by atoms with Gasteiger partial charge in [-0.15, -0.1) is 0 Å². The van der Waals surface area contributed by atoms with Crippen LogP contribution in [0.3, 0.4) is 0 Å². The molecule has 508 valence electrons. The Morgan fingerprint density at radius 1 is 0.326 bits per heavy atom. The normalized spacial score (nSPS) is 14.3. The van der Waals surface area contributed by atoms with Crippen molar-refractivity contribution in [3.63, 3.8) is 0 Å². The van der Waals surface area contributed by atoms with E-state index in [2.05, 4.69) is 49.0 Å². The molecule has 0 fully saturated rings. The smallest absolute Gasteiger partial charge is 0.305 e. The molecule has 6 N–H and O–H groups in total. The Kier molecular flexibility index (Phi) is 31.7. The van der Waals surface area contributed by atoms with Crippen LogP contribution in [-0.4, -0.2) is 71.8 Å². The fraction of sp³-hybridized carbons (Fsp3) is 0.641. The quantitative estimate of drug-likeness (QED) is 0.0139. The predicted octanol–water partition coefficient (Wildman–Crippen LogP) is 21.2. The molecule has 0 atom stereocenters. The number of hydrogen-bond acceptors (Lipinski definition) is 14. The van der Waals surface area contributed by atoms with Crippen molar-refractivity contribution in [1.29, 1.82) is 0 Å². The van der Waals surface area contributed by atoms with Gasteiger partial charge >= 0.3 is 23.9 Å². The van der Waals surface area contributed by atoms with Crippen LogP contribution >= 0.6 is 0 Å². The first-order valence-corrected chi connectivity index (χ1v) is 36.7. The lowest BCUT2D eigenvalue weighted by Crippen LogP contribution is -2.56. The molecule has 4 aromatic rings. The maximum Gasteiger partial charge on any atom is 0.305 e. The van der Waals surface area contributed by atoms with Crippen LogP contribution in [0, 0.1) is 0 Å². The zero-order chi connectivity index (χ0) is 65.2. The molecule has 0 saturated heterocycles. The van der Waals surface area contributed by atoms with Gasteiger partial charge < -0.3 is 50.4 Å². The summed E-state index contributed by atoms with van der Waals surface area (Å²) in [5, 5.41) is 43.0. The van der Waals surface area contributed by atoms with E-state index in [0.29, 0.717) is 33.9 Å². The first-order valence-electron chi connectivity index (χ1n) is 36.7. The van der Waals surface area contributed by atoms with Crippen LogP contribution in [0.2, 0.25) is 0 Å². The molecular weight excluding hydrogens is 1150 g/mol. The minimum Gasteiger partial charge on any atom is -0.506 e. The van der Waals surface area contributed by atoms with E-state index in [4.69, 9.17) is 18.9 Å². The molecular formula is C78H116N4O10. The summed E-state index contributed by atoms with van der Waals surface area (Å²) in [4.78, 5) is 54.4. The summed E-state index contributed by atoms with van der Waals surface area (Å²) in [7, 11) is 0. The monoisotopic (exact) mass is 1270 g/mol. The minimum atomic E-state index is -1.32. The van der Waals surface area contributed by atoms with Gasteiger partial charge in [-0.2, -0.15) is 0 Å². The third kappa shape index (κ3) is 22.4. The number of anilines is 4. The molecule has 14 nitrogen and oxygen atoms in total. The molecule has 2 aliphatic heterocycles. The molecule has 0 amide bonds. The lowest BCUT2D eigenvalue weighted by atomic mass is 9.80. The number of esters is 4. The zero-order valence-electron chi connectivity index (χ0n) is 57.0. The number of rotatable bonds is 50. The Morgan fingerprint density at radius 3 is 0.837 bits per heavy atom. The molecule has 1 aliphatic carbocycles. The molecule has 0 radical (unpaired) electrons. The average molecular weight is 1270 g/mol. The molecule has 0 unspecified atom stereocenters. The van der Waals surface area contributed by atoms with E-state index in [1.807, 2.05) is 60.7 Å². The second-order valence-corrected chi connectivity index (χ2v) is 26.9. The Hall–Kier alpha value is -6.44. The van der Waals surface area contributed by atoms with Gasteiger partial charge in [-0.05, 0) is 48.6 Å². The SMILES string of the molecule is CCCCCCCCCCCC(=O)OCC1(COC(=O)CCCCCCCCCCC)Nc2cccc3ccc(C4=C(O)C(c5ccc6cccc7c6c5NC(COC(=O)CCCCCCCCCCC)(COC(=O)CCCCCCCCCCC)N7)=C4O)c(c23)N1. The van der Waals surface area contributed by atoms with Gasteiger partial charge in [0.05, 0.1) is 22.5 Å². The highest BCUT2D eigenvalue weighted by Crippen LogP contribution is 2.53. The number of carbonyl (C=O) groups is 4. The number of allylic oxidation sites excluding steroid dienone is 2. The summed E-state index contributed by atoms with van der Waals surface area (Å²) in [6.07, 6.45) is 41.5. The third-order valence-corrected chi connectivity index (χ3v) is 18.9. The number of ether oxygens (including phenoxy) is 4. The van der Waals surface area contributed by atoms with Crippen molar-refractivity contribution in [3.8, 4) is 0 Å². The van der Waals surface area contributed by atoms with Gasteiger partial charge in [0, 0.05) is 59.0 Å². The predicted molar refractivity (Wildman–Crippen MR) is 378 cm³/mol. The van der Waals surface area contributed by atoms with Crippen LogP contribution in [0.5, 0.6) is 0 Å². The van der Waals surface area contributed by atoms with E-state index in [1.54, 1.807) is 0 Å². The van der Waals surface area contributed by atoms with Crippen molar-refractivity contribution >= 4 is 79.3 Å². The van der Waals surface area contributed by atoms with Crippen molar-refractivity contribution in [2.75, 3.05) is 47.7 Å². The number of carbonyl (C=O) groups excluding carboxylic acids is 4. The number of unbranched alkanes of at least 4 members (excludes halogenated alkanes) is 32. The van der Waals surface area contributed by atoms with Gasteiger partial charge in [0.2, 0.25) is 0 Å². The van der Waals surface area contributed by atoms with Crippen LogP contribution in [0.25, 0.3) is 32.7 Å². The zero-order valence-corrected chi connectivity index (χ0v) is 57.0. The maximum atomic E-state index is 13.6. The molecule has 0 spiro atoms. The first-order chi connectivity index (χ1) is 45.0. The van der Waals surface area contributed by atoms with Crippen molar-refractivity contribution in [2.45, 2.75) is 296 Å². The van der Waals surface area contributed by atoms with E-state index in [-0.39, 0.29) is 98.7 Å². The molecule has 14 heteroatoms. The fourth-order valence-corrected chi connectivity index (χ4v) is 13.4. The largest absolute Gasteiger partial charge is 0.506 e. The van der Waals surface area contributed by atoms with Gasteiger partial charge in [-0.1, -0.05) is 282 Å². The molecule has 4 aromatic carbocycles. The van der Waals surface area contributed by atoms with Gasteiger partial charge in [0.15, 0.2) is 11.3 Å². The summed E-state index contributed by atoms with van der Waals surface area (Å²) in [5.41, 5.74) is 1.28. The third-order valence-electron chi connectivity index (χ3n) is 18.9. The Labute approximate surface area is 552 Å². The average Bonchev–Trinajstić information content (AvgIpc) is 0.718. The summed E-state index contributed by atoms with van der Waals surface area (Å²) in [5.74, 6) is -1.66. The Bertz CT molecular complexity index is 2720. The van der Waals surface area contributed by atoms with Gasteiger partial charge in [-0.3, -0.25) is 19.2 Å². The highest BCUT2D eigenvalue weighted by Gasteiger charge is 2.44. The van der Waals surface area contributed by atoms with E-state index in [0.717, 1.165) is 124 Å². The summed E-state index contributed by atoms with van der Waals surface area (Å²) < 4.78 is 24.5. The molecule has 0 bridgehead atoms. The second-order valence-electron chi connectivity index (χ2n) is 26.9. The maximum absolute atomic E-state index is 13.6. The highest BCUT2D eigenvalue weighted by molar-refractivity contribution is 6.18. The Balaban J connectivity index is 1.11. The lowest BCUT2D eigenvalue weighted by molar-refractivity contribution is -0.150. The molecule has 0 saturated carbocycles. The van der Waals surface area contributed by atoms with E-state index >= 15 is 0 Å². The molecule has 3 aliphatic rings. The fourth-order valence-electron chi connectivity index (χ4n) is 13.4. The number of aliphatic hydroxyl groups excluding tert-OH is 2. The van der Waals surface area contributed by atoms with Crippen LogP contribution < -0.4 is 21.3 Å². The lowest BCUT2D eigenvalue weighted by Gasteiger charge is -2.42. The van der Waals surface area contributed by atoms with E-state index in [1.165, 1.54) is 128 Å². The van der Waals surface area contributed by atoms with Gasteiger partial charge in [0.25, 0.3) is 0 Å². The molecule has 7 rings (SSSR count). The Morgan fingerprint density at radius 2 is 0.576 bits per heavy atom. The van der Waals surface area contributed by atoms with Crippen molar-refractivity contribution in [2.24, 2.45) is 0 Å². The summed E-state index contributed by atoms with van der Waals surface area (Å²) in [6, 6.07) is 19.3. The van der Waals surface area contributed by atoms with Crippen LogP contribution in [0.1, 0.15) is 296 Å². The molecule has 2 heterocycles. The topological polar surface area (TPSA) is 194 Å². The standard InChI is InChI=1S/C78H116N4O10/c1-5-9-13-17-21-25-29-33-37-47-65(83)89-55-77(56-90-66(84)48-38-34-30-26-22-18-14-10-6-2)79-63-45-41-43-59-51-53-61(73(81-77)69(59)63)71-75(87)72(76(71)88)62-54-52-60-44-42-46-64-70(60)74(62)82-78(80-64,57-91-67(85)49-39-35-31-27-23-19-15-11-7-3)58-92-68(86)50-40-36-32-28-24-20-16-12-8-4/h41-46,51-54,79-82,87-88H,5-40,47-50,55-58H2,1-4H3. The molecule has 0 aromatic heterocycles. The van der Waals surface area contributed by atoms with Crippen molar-refractivity contribution in [3.05, 3.63) is 83.3 Å². The summed E-state index contributed by atoms with van der Waals surface area (Å²) >= 11 is 0. The number of benzene rings is 4. The van der Waals surface area contributed by atoms with Crippen molar-refractivity contribution < 1.29 is 48.3 Å². The van der Waals surface area contributed by atoms with Crippen molar-refractivity contribution in [1.82, 2.24) is 0 Å². The van der Waals surface area contributed by atoms with Crippen LogP contribution in [0.15, 0.2) is 72.2 Å². The van der Waals surface area contributed by atoms with Crippen LogP contribution in [0.4, 0.5) is 22.7 Å². The first kappa shape index (κ1) is 73.0. The van der Waals surface area contributed by atoms with Crippen LogP contribution in [-0.2, 0) is 38.1 Å². The minimum absolute atomic E-state index is 0.153. The number of nitrogens with one attached hydrogen (secondary N) is 4.